The first-order valence-corrected chi connectivity index (χ1v) is 10.6. The van der Waals surface area contributed by atoms with Gasteiger partial charge in [0.15, 0.2) is 11.6 Å². The predicted molar refractivity (Wildman–Crippen MR) is 120 cm³/mol. The van der Waals surface area contributed by atoms with Crippen molar-refractivity contribution in [1.82, 2.24) is 14.8 Å². The Balaban J connectivity index is 1.68. The molecule has 1 aliphatic heterocycles. The van der Waals surface area contributed by atoms with Crippen LogP contribution in [0.25, 0.3) is 11.4 Å². The number of rotatable bonds is 3. The second-order valence-electron chi connectivity index (χ2n) is 8.89. The summed E-state index contributed by atoms with van der Waals surface area (Å²) in [7, 11) is 0. The van der Waals surface area contributed by atoms with Crippen LogP contribution in [0.2, 0.25) is 5.02 Å². The number of non-ortho nitro benzene ring substituents is 1. The predicted octanol–water partition coefficient (Wildman–Crippen LogP) is 5.16. The number of fused-ring (bicyclic) bond motifs is 1. The van der Waals surface area contributed by atoms with E-state index < -0.39 is 11.0 Å². The Labute approximate surface area is 189 Å². The van der Waals surface area contributed by atoms with E-state index in [1.54, 1.807) is 22.9 Å². The van der Waals surface area contributed by atoms with E-state index in [4.69, 9.17) is 16.7 Å². The summed E-state index contributed by atoms with van der Waals surface area (Å²) in [6.07, 6.45) is 1.10. The molecule has 8 nitrogen and oxygen atoms in total. The summed E-state index contributed by atoms with van der Waals surface area (Å²) in [5.41, 5.74) is 2.67. The van der Waals surface area contributed by atoms with E-state index >= 15 is 0 Å². The number of carbonyl (C=O) groups is 1. The van der Waals surface area contributed by atoms with E-state index in [2.05, 4.69) is 24.1 Å². The number of anilines is 1. The van der Waals surface area contributed by atoms with Crippen LogP contribution in [0, 0.1) is 15.5 Å². The SMILES string of the molecule is CC1(C)CC(=O)C2=C(C1)Nc1nc(-c3ccccc3Cl)nn1C2c1ccc([N+](=O)[O-])cc1. The van der Waals surface area contributed by atoms with Gasteiger partial charge in [-0.1, -0.05) is 37.6 Å². The number of aromatic nitrogens is 3. The summed E-state index contributed by atoms with van der Waals surface area (Å²) in [5.74, 6) is 0.983. The van der Waals surface area contributed by atoms with Crippen molar-refractivity contribution >= 4 is 29.0 Å². The molecule has 0 saturated carbocycles. The second kappa shape index (κ2) is 7.27. The van der Waals surface area contributed by atoms with Gasteiger partial charge >= 0.3 is 0 Å². The lowest BCUT2D eigenvalue weighted by Gasteiger charge is -2.38. The monoisotopic (exact) mass is 449 g/mol. The van der Waals surface area contributed by atoms with E-state index in [9.17, 15) is 14.9 Å². The van der Waals surface area contributed by atoms with Crippen LogP contribution < -0.4 is 5.32 Å². The van der Waals surface area contributed by atoms with E-state index in [1.807, 2.05) is 18.2 Å². The molecular formula is C23H20ClN5O3. The van der Waals surface area contributed by atoms with Gasteiger partial charge in [-0.3, -0.25) is 14.9 Å². The summed E-state index contributed by atoms with van der Waals surface area (Å²) in [6.45, 7) is 4.12. The molecule has 2 heterocycles. The van der Waals surface area contributed by atoms with E-state index in [-0.39, 0.29) is 16.9 Å². The molecule has 0 bridgehead atoms. The van der Waals surface area contributed by atoms with Gasteiger partial charge in [-0.2, -0.15) is 4.98 Å². The molecule has 2 aromatic carbocycles. The van der Waals surface area contributed by atoms with Crippen LogP contribution in [0.4, 0.5) is 11.6 Å². The molecule has 3 aromatic rings. The largest absolute Gasteiger partial charge is 0.328 e. The van der Waals surface area contributed by atoms with Crippen molar-refractivity contribution in [2.24, 2.45) is 5.41 Å². The number of hydrogen-bond acceptors (Lipinski definition) is 6. The smallest absolute Gasteiger partial charge is 0.269 e. The summed E-state index contributed by atoms with van der Waals surface area (Å²) in [5, 5.41) is 19.7. The molecule has 2 aliphatic rings. The fourth-order valence-electron chi connectivity index (χ4n) is 4.45. The number of ketones is 1. The van der Waals surface area contributed by atoms with Crippen LogP contribution in [0.3, 0.4) is 0 Å². The van der Waals surface area contributed by atoms with E-state index in [0.29, 0.717) is 40.8 Å². The summed E-state index contributed by atoms with van der Waals surface area (Å²) < 4.78 is 1.68. The lowest BCUT2D eigenvalue weighted by molar-refractivity contribution is -0.384. The fourth-order valence-corrected chi connectivity index (χ4v) is 4.67. The molecule has 1 N–H and O–H groups in total. The molecule has 1 aromatic heterocycles. The number of nitrogens with one attached hydrogen (secondary N) is 1. The van der Waals surface area contributed by atoms with Crippen LogP contribution in [-0.4, -0.2) is 25.5 Å². The van der Waals surface area contributed by atoms with Crippen molar-refractivity contribution in [2.75, 3.05) is 5.32 Å². The molecule has 0 amide bonds. The zero-order chi connectivity index (χ0) is 22.6. The molecule has 32 heavy (non-hydrogen) atoms. The normalized spacial score (nSPS) is 19.2. The maximum absolute atomic E-state index is 13.3. The molecule has 1 unspecified atom stereocenters. The highest BCUT2D eigenvalue weighted by Crippen LogP contribution is 2.46. The fraction of sp³-hybridized carbons (Fsp3) is 0.261. The number of nitro benzene ring substituents is 1. The van der Waals surface area contributed by atoms with Crippen molar-refractivity contribution in [1.29, 1.82) is 0 Å². The van der Waals surface area contributed by atoms with E-state index in [1.165, 1.54) is 12.1 Å². The minimum absolute atomic E-state index is 0.0106. The first-order chi connectivity index (χ1) is 15.2. The number of benzene rings is 2. The first-order valence-electron chi connectivity index (χ1n) is 10.2. The van der Waals surface area contributed by atoms with Gasteiger partial charge in [0.05, 0.1) is 9.95 Å². The third-order valence-corrected chi connectivity index (χ3v) is 6.20. The van der Waals surface area contributed by atoms with Gasteiger partial charge in [-0.15, -0.1) is 5.10 Å². The minimum atomic E-state index is -0.533. The van der Waals surface area contributed by atoms with Gasteiger partial charge in [-0.05, 0) is 41.7 Å². The molecule has 0 radical (unpaired) electrons. The number of carbonyl (C=O) groups excluding carboxylic acids is 1. The van der Waals surface area contributed by atoms with Crippen molar-refractivity contribution in [3.63, 3.8) is 0 Å². The first kappa shape index (κ1) is 20.4. The molecular weight excluding hydrogens is 430 g/mol. The quantitative estimate of drug-likeness (QED) is 0.437. The lowest BCUT2D eigenvalue weighted by Crippen LogP contribution is -2.36. The third kappa shape index (κ3) is 3.36. The zero-order valence-electron chi connectivity index (χ0n) is 17.5. The molecule has 1 aliphatic carbocycles. The minimum Gasteiger partial charge on any atom is -0.328 e. The van der Waals surface area contributed by atoms with Gasteiger partial charge in [0.2, 0.25) is 5.95 Å². The number of hydrogen-bond donors (Lipinski definition) is 1. The molecule has 0 spiro atoms. The topological polar surface area (TPSA) is 103 Å². The lowest BCUT2D eigenvalue weighted by atomic mass is 9.73. The summed E-state index contributed by atoms with van der Waals surface area (Å²) >= 11 is 6.37. The van der Waals surface area contributed by atoms with Crippen LogP contribution in [0.1, 0.15) is 38.3 Å². The Hall–Kier alpha value is -3.52. The highest BCUT2D eigenvalue weighted by atomic mass is 35.5. The molecule has 0 fully saturated rings. The van der Waals surface area contributed by atoms with Gasteiger partial charge in [-0.25, -0.2) is 4.68 Å². The van der Waals surface area contributed by atoms with Gasteiger partial charge in [0, 0.05) is 35.4 Å². The Morgan fingerprint density at radius 1 is 1.16 bits per heavy atom. The van der Waals surface area contributed by atoms with Crippen molar-refractivity contribution in [3.8, 4) is 11.4 Å². The maximum atomic E-state index is 13.3. The molecule has 9 heteroatoms. The van der Waals surface area contributed by atoms with Crippen molar-refractivity contribution in [3.05, 3.63) is 80.5 Å². The van der Waals surface area contributed by atoms with Crippen LogP contribution >= 0.6 is 11.6 Å². The maximum Gasteiger partial charge on any atom is 0.269 e. The summed E-state index contributed by atoms with van der Waals surface area (Å²) in [6, 6.07) is 13.0. The number of nitro groups is 1. The third-order valence-electron chi connectivity index (χ3n) is 5.87. The standard InChI is InChI=1S/C23H20ClN5O3/c1-23(2)11-17-19(18(30)12-23)20(13-7-9-14(10-8-13)29(31)32)28-22(25-17)26-21(27-28)15-5-3-4-6-16(15)24/h3-10,20H,11-12H2,1-2H3,(H,25,26,27). The zero-order valence-corrected chi connectivity index (χ0v) is 18.3. The number of Topliss-reactive ketones (excluding diaryl/α,β-unsaturated/α-hetero) is 1. The van der Waals surface area contributed by atoms with Crippen LogP contribution in [0.15, 0.2) is 59.8 Å². The number of allylic oxidation sites excluding steroid dienone is 2. The van der Waals surface area contributed by atoms with Crippen molar-refractivity contribution in [2.45, 2.75) is 32.7 Å². The van der Waals surface area contributed by atoms with Gasteiger partial charge < -0.3 is 5.32 Å². The average Bonchev–Trinajstić information content (AvgIpc) is 3.15. The molecule has 5 rings (SSSR count). The number of halogens is 1. The van der Waals surface area contributed by atoms with Gasteiger partial charge in [0.25, 0.3) is 5.69 Å². The van der Waals surface area contributed by atoms with Crippen LogP contribution in [0.5, 0.6) is 0 Å². The Morgan fingerprint density at radius 3 is 2.56 bits per heavy atom. The molecule has 1 atom stereocenters. The average molecular weight is 450 g/mol. The van der Waals surface area contributed by atoms with Gasteiger partial charge in [0.1, 0.15) is 6.04 Å². The number of nitrogens with zero attached hydrogens (tertiary/aromatic N) is 4. The Bertz CT molecular complexity index is 1290. The highest BCUT2D eigenvalue weighted by Gasteiger charge is 2.42. The van der Waals surface area contributed by atoms with Crippen molar-refractivity contribution < 1.29 is 9.72 Å². The molecule has 162 valence electrons. The van der Waals surface area contributed by atoms with Crippen LogP contribution in [-0.2, 0) is 4.79 Å². The summed E-state index contributed by atoms with van der Waals surface area (Å²) in [4.78, 5) is 28.6. The Morgan fingerprint density at radius 2 is 1.88 bits per heavy atom. The highest BCUT2D eigenvalue weighted by molar-refractivity contribution is 6.33. The van der Waals surface area contributed by atoms with E-state index in [0.717, 1.165) is 11.3 Å². The Kier molecular flexibility index (Phi) is 4.63. The molecule has 0 saturated heterocycles. The second-order valence-corrected chi connectivity index (χ2v) is 9.30.